The van der Waals surface area contributed by atoms with Crippen LogP contribution in [0.15, 0.2) is 59.8 Å². The quantitative estimate of drug-likeness (QED) is 0.852. The molecule has 1 heterocycles. The Morgan fingerprint density at radius 3 is 2.35 bits per heavy atom. The highest BCUT2D eigenvalue weighted by atomic mass is 32.2. The van der Waals surface area contributed by atoms with Crippen LogP contribution in [0.3, 0.4) is 0 Å². The average Bonchev–Trinajstić information content (AvgIpc) is 2.95. The van der Waals surface area contributed by atoms with Crippen molar-refractivity contribution in [3.63, 3.8) is 0 Å². The third kappa shape index (κ3) is 3.95. The zero-order valence-corrected chi connectivity index (χ0v) is 12.9. The first-order valence-electron chi connectivity index (χ1n) is 6.93. The van der Waals surface area contributed by atoms with Crippen LogP contribution >= 0.6 is 0 Å². The third-order valence-electron chi connectivity index (χ3n) is 3.26. The lowest BCUT2D eigenvalue weighted by Gasteiger charge is -2.08. The van der Waals surface area contributed by atoms with E-state index in [2.05, 4.69) is 14.7 Å². The van der Waals surface area contributed by atoms with Crippen molar-refractivity contribution in [3.05, 3.63) is 65.7 Å². The van der Waals surface area contributed by atoms with Gasteiger partial charge in [-0.05, 0) is 17.7 Å². The highest BCUT2D eigenvalue weighted by molar-refractivity contribution is 7.91. The van der Waals surface area contributed by atoms with Gasteiger partial charge in [-0.3, -0.25) is 4.72 Å². The summed E-state index contributed by atoms with van der Waals surface area (Å²) in [5.74, 6) is -0.488. The van der Waals surface area contributed by atoms with E-state index in [0.29, 0.717) is 17.0 Å². The molecule has 3 rings (SSSR count). The Kier molecular flexibility index (Phi) is 4.12. The zero-order chi connectivity index (χ0) is 16.3. The van der Waals surface area contributed by atoms with Crippen LogP contribution in [-0.2, 0) is 25.4 Å². The third-order valence-corrected chi connectivity index (χ3v) is 4.52. The molecular weight excluding hydrogens is 316 g/mol. The minimum Gasteiger partial charge on any atom is -0.318 e. The lowest BCUT2D eigenvalue weighted by molar-refractivity contribution is -0.140. The van der Waals surface area contributed by atoms with Crippen molar-refractivity contribution >= 4 is 27.4 Å². The molecule has 0 fully saturated rings. The van der Waals surface area contributed by atoms with E-state index in [9.17, 15) is 13.2 Å². The predicted molar refractivity (Wildman–Crippen MR) is 86.4 cm³/mol. The molecule has 0 aromatic heterocycles. The minimum absolute atomic E-state index is 0.0926. The topological polar surface area (TPSA) is 84.8 Å². The maximum atomic E-state index is 12.2. The van der Waals surface area contributed by atoms with Gasteiger partial charge in [0.1, 0.15) is 0 Å². The van der Waals surface area contributed by atoms with Crippen molar-refractivity contribution in [1.82, 2.24) is 0 Å². The summed E-state index contributed by atoms with van der Waals surface area (Å²) in [6.45, 7) is 0. The summed E-state index contributed by atoms with van der Waals surface area (Å²) in [5, 5.41) is 3.68. The van der Waals surface area contributed by atoms with Crippen LogP contribution in [0, 0.1) is 0 Å². The molecule has 1 N–H and O–H groups in total. The zero-order valence-electron chi connectivity index (χ0n) is 12.1. The molecule has 1 aliphatic rings. The molecule has 0 aliphatic carbocycles. The van der Waals surface area contributed by atoms with Gasteiger partial charge in [0.05, 0.1) is 17.9 Å². The van der Waals surface area contributed by atoms with E-state index >= 15 is 0 Å². The van der Waals surface area contributed by atoms with Crippen molar-refractivity contribution in [1.29, 1.82) is 0 Å². The summed E-state index contributed by atoms with van der Waals surface area (Å²) >= 11 is 0. The highest BCUT2D eigenvalue weighted by Crippen LogP contribution is 2.17. The van der Waals surface area contributed by atoms with Crippen LogP contribution in [0.4, 0.5) is 5.69 Å². The molecule has 6 nitrogen and oxygen atoms in total. The molecule has 1 aliphatic heterocycles. The van der Waals surface area contributed by atoms with E-state index < -0.39 is 16.0 Å². The molecule has 0 amide bonds. The second-order valence-corrected chi connectivity index (χ2v) is 6.82. The van der Waals surface area contributed by atoms with E-state index in [0.717, 1.165) is 5.56 Å². The molecule has 118 valence electrons. The number of anilines is 1. The number of benzene rings is 2. The number of hydrogen-bond donors (Lipinski definition) is 1. The van der Waals surface area contributed by atoms with Gasteiger partial charge in [-0.25, -0.2) is 13.2 Å². The maximum Gasteiger partial charge on any atom is 0.341 e. The highest BCUT2D eigenvalue weighted by Gasteiger charge is 2.19. The van der Waals surface area contributed by atoms with Gasteiger partial charge >= 0.3 is 5.97 Å². The summed E-state index contributed by atoms with van der Waals surface area (Å²) in [4.78, 5) is 15.6. The first-order chi connectivity index (χ1) is 11.0. The van der Waals surface area contributed by atoms with E-state index in [-0.39, 0.29) is 12.2 Å². The summed E-state index contributed by atoms with van der Waals surface area (Å²) in [5.41, 5.74) is 2.43. The van der Waals surface area contributed by atoms with Crippen LogP contribution in [0.1, 0.15) is 17.5 Å². The fraction of sp³-hybridized carbons (Fsp3) is 0.125. The van der Waals surface area contributed by atoms with E-state index in [4.69, 9.17) is 0 Å². The molecule has 2 aromatic carbocycles. The normalized spacial score (nSPS) is 14.3. The molecule has 0 atom stereocenters. The molecule has 2 aromatic rings. The molecule has 7 heteroatoms. The smallest absolute Gasteiger partial charge is 0.318 e. The fourth-order valence-corrected chi connectivity index (χ4v) is 3.40. The van der Waals surface area contributed by atoms with Crippen molar-refractivity contribution < 1.29 is 18.0 Å². The van der Waals surface area contributed by atoms with E-state index in [1.165, 1.54) is 0 Å². The molecule has 0 unspecified atom stereocenters. The van der Waals surface area contributed by atoms with Crippen molar-refractivity contribution in [3.8, 4) is 0 Å². The summed E-state index contributed by atoms with van der Waals surface area (Å²) in [6, 6.07) is 15.6. The van der Waals surface area contributed by atoms with Gasteiger partial charge in [0, 0.05) is 11.3 Å². The monoisotopic (exact) mass is 330 g/mol. The molecule has 0 spiro atoms. The van der Waals surface area contributed by atoms with Gasteiger partial charge in [0.25, 0.3) is 0 Å². The summed E-state index contributed by atoms with van der Waals surface area (Å²) in [7, 11) is -3.49. The van der Waals surface area contributed by atoms with E-state index in [1.807, 2.05) is 6.07 Å². The lowest BCUT2D eigenvalue weighted by Crippen LogP contribution is -2.15. The Hall–Kier alpha value is -2.67. The fourth-order valence-electron chi connectivity index (χ4n) is 2.20. The number of sulfonamides is 1. The molecule has 0 radical (unpaired) electrons. The second kappa shape index (κ2) is 6.21. The SMILES string of the molecule is O=C1CC(c2ccc(NS(=O)(=O)Cc3ccccc3)cc2)=NO1. The Bertz CT molecular complexity index is 843. The molecule has 0 saturated heterocycles. The first kappa shape index (κ1) is 15.2. The van der Waals surface area contributed by atoms with Crippen LogP contribution < -0.4 is 4.72 Å². The average molecular weight is 330 g/mol. The van der Waals surface area contributed by atoms with Gasteiger partial charge in [-0.2, -0.15) is 0 Å². The van der Waals surface area contributed by atoms with E-state index in [1.54, 1.807) is 48.5 Å². The maximum absolute atomic E-state index is 12.2. The molecule has 0 bridgehead atoms. The van der Waals surface area contributed by atoms with Gasteiger partial charge in [-0.15, -0.1) is 0 Å². The van der Waals surface area contributed by atoms with Crippen LogP contribution in [0.2, 0.25) is 0 Å². The minimum atomic E-state index is -3.49. The van der Waals surface area contributed by atoms with Crippen molar-refractivity contribution in [2.24, 2.45) is 5.16 Å². The van der Waals surface area contributed by atoms with Crippen molar-refractivity contribution in [2.45, 2.75) is 12.2 Å². The Balaban J connectivity index is 1.69. The Labute approximate surface area is 133 Å². The predicted octanol–water partition coefficient (Wildman–Crippen LogP) is 2.28. The molecule has 23 heavy (non-hydrogen) atoms. The Morgan fingerprint density at radius 1 is 1.04 bits per heavy atom. The number of rotatable bonds is 5. The number of carbonyl (C=O) groups is 1. The first-order valence-corrected chi connectivity index (χ1v) is 8.59. The number of nitrogens with zero attached hydrogens (tertiary/aromatic N) is 1. The largest absolute Gasteiger partial charge is 0.341 e. The van der Waals surface area contributed by atoms with Crippen LogP contribution in [0.25, 0.3) is 0 Å². The van der Waals surface area contributed by atoms with Gasteiger partial charge in [-0.1, -0.05) is 47.6 Å². The lowest BCUT2D eigenvalue weighted by atomic mass is 10.1. The number of oxime groups is 1. The van der Waals surface area contributed by atoms with Gasteiger partial charge < -0.3 is 4.84 Å². The molecule has 0 saturated carbocycles. The molecular formula is C16H14N2O4S. The van der Waals surface area contributed by atoms with Crippen LogP contribution in [-0.4, -0.2) is 20.1 Å². The van der Waals surface area contributed by atoms with Gasteiger partial charge in [0.15, 0.2) is 0 Å². The summed E-state index contributed by atoms with van der Waals surface area (Å²) in [6.07, 6.45) is 0.124. The van der Waals surface area contributed by atoms with Crippen molar-refractivity contribution in [2.75, 3.05) is 4.72 Å². The number of nitrogens with one attached hydrogen (secondary N) is 1. The number of hydrogen-bond acceptors (Lipinski definition) is 5. The Morgan fingerprint density at radius 2 is 1.74 bits per heavy atom. The second-order valence-electron chi connectivity index (χ2n) is 5.10. The number of carbonyl (C=O) groups excluding carboxylic acids is 1. The summed E-state index contributed by atoms with van der Waals surface area (Å²) < 4.78 is 26.8. The standard InChI is InChI=1S/C16H14N2O4S/c19-16-10-15(17-22-16)13-6-8-14(9-7-13)18-23(20,21)11-12-4-2-1-3-5-12/h1-9,18H,10-11H2. The van der Waals surface area contributed by atoms with Crippen LogP contribution in [0.5, 0.6) is 0 Å². The van der Waals surface area contributed by atoms with Gasteiger partial charge in [0.2, 0.25) is 10.0 Å².